The summed E-state index contributed by atoms with van der Waals surface area (Å²) in [5.41, 5.74) is 4.79. The number of aromatic nitrogens is 2. The van der Waals surface area contributed by atoms with Crippen LogP contribution in [0.1, 0.15) is 47.9 Å². The lowest BCUT2D eigenvalue weighted by Gasteiger charge is -2.39. The Balaban J connectivity index is 1.80. The molecule has 5 rings (SSSR count). The number of nitrogens with zero attached hydrogens (tertiary/aromatic N) is 2. The third kappa shape index (κ3) is 2.42. The van der Waals surface area contributed by atoms with Crippen LogP contribution < -0.4 is 5.32 Å². The highest BCUT2D eigenvalue weighted by Gasteiger charge is 2.41. The van der Waals surface area contributed by atoms with Crippen molar-refractivity contribution in [1.29, 1.82) is 5.26 Å². The SMILES string of the molecule is CC1(C)CC(=O)C2=C(C1)Nc1ccc3cn[nH]c3c1C2c1ccc(C#N)s1. The second-order valence-corrected chi connectivity index (χ2v) is 9.18. The maximum absolute atomic E-state index is 13.2. The molecule has 3 aromatic rings. The van der Waals surface area contributed by atoms with Crippen molar-refractivity contribution in [3.05, 3.63) is 57.1 Å². The van der Waals surface area contributed by atoms with Crippen molar-refractivity contribution < 1.29 is 4.79 Å². The van der Waals surface area contributed by atoms with Gasteiger partial charge in [-0.25, -0.2) is 0 Å². The summed E-state index contributed by atoms with van der Waals surface area (Å²) in [6, 6.07) is 10.1. The number of anilines is 1. The largest absolute Gasteiger partial charge is 0.358 e. The molecule has 0 radical (unpaired) electrons. The number of thiophene rings is 1. The van der Waals surface area contributed by atoms with E-state index in [2.05, 4.69) is 41.5 Å². The van der Waals surface area contributed by atoms with Gasteiger partial charge in [-0.05, 0) is 36.1 Å². The standard InChI is InChI=1S/C21H18N4OS/c1-21(2)7-14-17(15(26)8-21)19(16-6-4-12(9-22)27-16)18-13(24-14)5-3-11-10-23-25-20(11)18/h3-6,10,19,24H,7-8H2,1-2H3,(H,23,25). The number of carbonyl (C=O) groups is 1. The maximum Gasteiger partial charge on any atom is 0.162 e. The third-order valence-corrected chi connectivity index (χ3v) is 6.52. The number of rotatable bonds is 1. The van der Waals surface area contributed by atoms with Crippen LogP contribution in [0.25, 0.3) is 10.9 Å². The molecular formula is C21H18N4OS. The number of carbonyl (C=O) groups excluding carboxylic acids is 1. The lowest BCUT2D eigenvalue weighted by atomic mass is 9.69. The van der Waals surface area contributed by atoms with E-state index in [1.165, 1.54) is 11.3 Å². The van der Waals surface area contributed by atoms with Crippen LogP contribution in [0, 0.1) is 16.7 Å². The summed E-state index contributed by atoms with van der Waals surface area (Å²) in [6.45, 7) is 4.27. The number of hydrogen-bond acceptors (Lipinski definition) is 5. The number of fused-ring (bicyclic) bond motifs is 3. The first-order chi connectivity index (χ1) is 13.0. The van der Waals surface area contributed by atoms with E-state index < -0.39 is 0 Å². The molecule has 1 aliphatic heterocycles. The number of allylic oxidation sites excluding steroid dienone is 2. The first-order valence-electron chi connectivity index (χ1n) is 8.96. The maximum atomic E-state index is 13.2. The number of ketones is 1. The quantitative estimate of drug-likeness (QED) is 0.647. The van der Waals surface area contributed by atoms with Crippen molar-refractivity contribution in [3.63, 3.8) is 0 Å². The summed E-state index contributed by atoms with van der Waals surface area (Å²) in [4.78, 5) is 14.9. The van der Waals surface area contributed by atoms with Crippen molar-refractivity contribution in [2.75, 3.05) is 5.32 Å². The smallest absolute Gasteiger partial charge is 0.162 e. The molecule has 5 nitrogen and oxygen atoms in total. The highest BCUT2D eigenvalue weighted by molar-refractivity contribution is 7.12. The fourth-order valence-electron chi connectivity index (χ4n) is 4.38. The van der Waals surface area contributed by atoms with Crippen LogP contribution in [-0.2, 0) is 4.79 Å². The van der Waals surface area contributed by atoms with E-state index >= 15 is 0 Å². The zero-order valence-electron chi connectivity index (χ0n) is 15.1. The van der Waals surface area contributed by atoms with Crippen LogP contribution in [0.5, 0.6) is 0 Å². The minimum absolute atomic E-state index is 0.0592. The molecule has 3 heterocycles. The molecule has 2 N–H and O–H groups in total. The van der Waals surface area contributed by atoms with Crippen molar-refractivity contribution in [2.45, 2.75) is 32.6 Å². The predicted octanol–water partition coefficient (Wildman–Crippen LogP) is 4.70. The zero-order chi connectivity index (χ0) is 18.8. The molecule has 0 saturated carbocycles. The minimum atomic E-state index is -0.170. The molecule has 27 heavy (non-hydrogen) atoms. The molecule has 1 atom stereocenters. The lowest BCUT2D eigenvalue weighted by molar-refractivity contribution is -0.118. The molecule has 1 aliphatic carbocycles. The van der Waals surface area contributed by atoms with Crippen molar-refractivity contribution in [2.24, 2.45) is 5.41 Å². The van der Waals surface area contributed by atoms with Crippen LogP contribution in [-0.4, -0.2) is 16.0 Å². The second kappa shape index (κ2) is 5.54. The minimum Gasteiger partial charge on any atom is -0.358 e. The third-order valence-electron chi connectivity index (χ3n) is 5.46. The fourth-order valence-corrected chi connectivity index (χ4v) is 5.31. The van der Waals surface area contributed by atoms with Gasteiger partial charge in [0.05, 0.1) is 17.6 Å². The average Bonchev–Trinajstić information content (AvgIpc) is 3.27. The molecule has 2 aromatic heterocycles. The summed E-state index contributed by atoms with van der Waals surface area (Å²) in [5.74, 6) is 0.0175. The lowest BCUT2D eigenvalue weighted by Crippen LogP contribution is -2.33. The van der Waals surface area contributed by atoms with Gasteiger partial charge in [-0.1, -0.05) is 13.8 Å². The molecule has 0 spiro atoms. The molecule has 0 amide bonds. The first-order valence-corrected chi connectivity index (χ1v) is 9.77. The van der Waals surface area contributed by atoms with E-state index in [-0.39, 0.29) is 17.1 Å². The number of aromatic amines is 1. The van der Waals surface area contributed by atoms with Crippen LogP contribution in [0.15, 0.2) is 41.7 Å². The Hall–Kier alpha value is -2.91. The van der Waals surface area contributed by atoms with Gasteiger partial charge in [0.1, 0.15) is 10.9 Å². The van der Waals surface area contributed by atoms with Crippen LogP contribution >= 0.6 is 11.3 Å². The molecule has 2 aliphatic rings. The molecule has 6 heteroatoms. The Bertz CT molecular complexity index is 1170. The van der Waals surface area contributed by atoms with Crippen LogP contribution in [0.2, 0.25) is 0 Å². The second-order valence-electron chi connectivity index (χ2n) is 8.07. The van der Waals surface area contributed by atoms with Gasteiger partial charge in [0.2, 0.25) is 0 Å². The summed E-state index contributed by atoms with van der Waals surface area (Å²) >= 11 is 1.46. The van der Waals surface area contributed by atoms with E-state index in [9.17, 15) is 10.1 Å². The molecular weight excluding hydrogens is 356 g/mol. The average molecular weight is 374 g/mol. The van der Waals surface area contributed by atoms with Gasteiger partial charge in [0, 0.05) is 39.2 Å². The zero-order valence-corrected chi connectivity index (χ0v) is 15.9. The van der Waals surface area contributed by atoms with E-state index in [0.29, 0.717) is 11.3 Å². The van der Waals surface area contributed by atoms with Gasteiger partial charge >= 0.3 is 0 Å². The summed E-state index contributed by atoms with van der Waals surface area (Å²) in [7, 11) is 0. The highest BCUT2D eigenvalue weighted by Crippen LogP contribution is 2.51. The number of H-pyrrole nitrogens is 1. The van der Waals surface area contributed by atoms with Gasteiger partial charge in [-0.3, -0.25) is 9.89 Å². The van der Waals surface area contributed by atoms with Crippen LogP contribution in [0.3, 0.4) is 0 Å². The Morgan fingerprint density at radius 1 is 1.26 bits per heavy atom. The molecule has 1 aromatic carbocycles. The number of hydrogen-bond donors (Lipinski definition) is 2. The van der Waals surface area contributed by atoms with Crippen LogP contribution in [0.4, 0.5) is 5.69 Å². The number of Topliss-reactive ketones (excluding diaryl/α,β-unsaturated/α-hetero) is 1. The molecule has 0 bridgehead atoms. The molecule has 134 valence electrons. The number of benzene rings is 1. The van der Waals surface area contributed by atoms with Gasteiger partial charge in [-0.2, -0.15) is 10.4 Å². The first kappa shape index (κ1) is 16.3. The van der Waals surface area contributed by atoms with Gasteiger partial charge in [-0.15, -0.1) is 11.3 Å². The predicted molar refractivity (Wildman–Crippen MR) is 106 cm³/mol. The highest BCUT2D eigenvalue weighted by atomic mass is 32.1. The van der Waals surface area contributed by atoms with E-state index in [0.717, 1.165) is 44.7 Å². The van der Waals surface area contributed by atoms with E-state index in [4.69, 9.17) is 0 Å². The van der Waals surface area contributed by atoms with Crippen molar-refractivity contribution >= 4 is 33.7 Å². The Labute approximate surface area is 160 Å². The Morgan fingerprint density at radius 3 is 2.89 bits per heavy atom. The summed E-state index contributed by atoms with van der Waals surface area (Å²) < 4.78 is 0. The van der Waals surface area contributed by atoms with Crippen molar-refractivity contribution in [1.82, 2.24) is 10.2 Å². The van der Waals surface area contributed by atoms with E-state index in [1.54, 1.807) is 6.20 Å². The Kier molecular flexibility index (Phi) is 3.34. The summed E-state index contributed by atoms with van der Waals surface area (Å²) in [5, 5.41) is 21.2. The van der Waals surface area contributed by atoms with Gasteiger partial charge in [0.15, 0.2) is 5.78 Å². The molecule has 0 fully saturated rings. The molecule has 1 unspecified atom stereocenters. The normalized spacial score (nSPS) is 20.8. The summed E-state index contributed by atoms with van der Waals surface area (Å²) in [6.07, 6.45) is 3.17. The van der Waals surface area contributed by atoms with Crippen molar-refractivity contribution in [3.8, 4) is 6.07 Å². The van der Waals surface area contributed by atoms with Gasteiger partial charge in [0.25, 0.3) is 0 Å². The number of nitrogens with one attached hydrogen (secondary N) is 2. The number of nitriles is 1. The topological polar surface area (TPSA) is 81.6 Å². The molecule has 0 saturated heterocycles. The van der Waals surface area contributed by atoms with E-state index in [1.807, 2.05) is 18.2 Å². The Morgan fingerprint density at radius 2 is 2.11 bits per heavy atom. The van der Waals surface area contributed by atoms with Gasteiger partial charge < -0.3 is 5.32 Å². The monoisotopic (exact) mass is 374 g/mol. The fraction of sp³-hybridized carbons (Fsp3) is 0.286.